The second kappa shape index (κ2) is 7.10. The van der Waals surface area contributed by atoms with E-state index in [1.165, 1.54) is 5.56 Å². The molecule has 0 spiro atoms. The van der Waals surface area contributed by atoms with Gasteiger partial charge in [-0.25, -0.2) is 0 Å². The minimum Gasteiger partial charge on any atom is -0.454 e. The molecule has 1 heterocycles. The Morgan fingerprint density at radius 1 is 1.30 bits per heavy atom. The molecule has 2 N–H and O–H groups in total. The minimum absolute atomic E-state index is 0.206. The number of hydrogen-bond donors (Lipinski definition) is 1. The van der Waals surface area contributed by atoms with E-state index in [1.807, 2.05) is 29.1 Å². The van der Waals surface area contributed by atoms with E-state index in [1.54, 1.807) is 6.20 Å². The van der Waals surface area contributed by atoms with Gasteiger partial charge in [0.1, 0.15) is 5.75 Å². The van der Waals surface area contributed by atoms with Crippen molar-refractivity contribution in [3.05, 3.63) is 42.2 Å². The van der Waals surface area contributed by atoms with Gasteiger partial charge in [0.2, 0.25) is 0 Å². The third-order valence-corrected chi connectivity index (χ3v) is 3.22. The highest BCUT2D eigenvalue weighted by Gasteiger charge is 2.05. The number of nitrogens with two attached hydrogens (primary N) is 1. The molecule has 0 saturated heterocycles. The fourth-order valence-corrected chi connectivity index (χ4v) is 2.07. The van der Waals surface area contributed by atoms with Crippen molar-refractivity contribution in [3.8, 4) is 11.5 Å². The van der Waals surface area contributed by atoms with Gasteiger partial charge < -0.3 is 10.5 Å². The topological polar surface area (TPSA) is 53.1 Å². The lowest BCUT2D eigenvalue weighted by atomic mass is 10.0. The number of ether oxygens (including phenoxy) is 1. The third kappa shape index (κ3) is 4.10. The molecular formula is C16H23N3O. The van der Waals surface area contributed by atoms with Crippen LogP contribution in [0.5, 0.6) is 11.5 Å². The molecule has 4 nitrogen and oxygen atoms in total. The van der Waals surface area contributed by atoms with Crippen molar-refractivity contribution in [2.24, 2.45) is 5.73 Å². The fraction of sp³-hybridized carbons (Fsp3) is 0.438. The summed E-state index contributed by atoms with van der Waals surface area (Å²) < 4.78 is 7.73. The van der Waals surface area contributed by atoms with Gasteiger partial charge in [-0.1, -0.05) is 26.0 Å². The van der Waals surface area contributed by atoms with Gasteiger partial charge in [-0.3, -0.25) is 4.68 Å². The number of benzene rings is 1. The van der Waals surface area contributed by atoms with Crippen molar-refractivity contribution in [2.75, 3.05) is 0 Å². The molecule has 0 bridgehead atoms. The summed E-state index contributed by atoms with van der Waals surface area (Å²) in [6.45, 7) is 5.14. The molecule has 0 fully saturated rings. The highest BCUT2D eigenvalue weighted by atomic mass is 16.5. The van der Waals surface area contributed by atoms with Crippen molar-refractivity contribution >= 4 is 0 Å². The molecule has 0 saturated carbocycles. The third-order valence-electron chi connectivity index (χ3n) is 3.22. The lowest BCUT2D eigenvalue weighted by molar-refractivity contribution is 0.479. The summed E-state index contributed by atoms with van der Waals surface area (Å²) in [4.78, 5) is 0. The Balaban J connectivity index is 2.03. The quantitative estimate of drug-likeness (QED) is 0.841. The van der Waals surface area contributed by atoms with Gasteiger partial charge in [-0.05, 0) is 37.0 Å². The molecule has 0 amide bonds. The standard InChI is InChI=1S/C16H23N3O/c1-3-8-19-12-16(11-18-19)20-15-7-5-6-13(10-15)9-14(17)4-2/h5-7,10-12,14H,3-4,8-9,17H2,1-2H3. The summed E-state index contributed by atoms with van der Waals surface area (Å²) in [7, 11) is 0. The molecule has 0 aliphatic heterocycles. The van der Waals surface area contributed by atoms with Crippen molar-refractivity contribution < 1.29 is 4.74 Å². The molecule has 1 aromatic heterocycles. The molecular weight excluding hydrogens is 250 g/mol. The lowest BCUT2D eigenvalue weighted by Crippen LogP contribution is -2.21. The molecule has 1 aromatic carbocycles. The molecule has 0 aliphatic rings. The Bertz CT molecular complexity index is 536. The minimum atomic E-state index is 0.206. The summed E-state index contributed by atoms with van der Waals surface area (Å²) in [5.41, 5.74) is 7.20. The zero-order chi connectivity index (χ0) is 14.4. The first-order valence-corrected chi connectivity index (χ1v) is 7.26. The van der Waals surface area contributed by atoms with Gasteiger partial charge >= 0.3 is 0 Å². The maximum Gasteiger partial charge on any atom is 0.165 e. The molecule has 2 rings (SSSR count). The van der Waals surface area contributed by atoms with Crippen LogP contribution in [0.4, 0.5) is 0 Å². The molecule has 0 aliphatic carbocycles. The van der Waals surface area contributed by atoms with Gasteiger partial charge in [0.15, 0.2) is 5.75 Å². The average molecular weight is 273 g/mol. The number of aryl methyl sites for hydroxylation is 1. The first-order chi connectivity index (χ1) is 9.71. The number of aromatic nitrogens is 2. The first kappa shape index (κ1) is 14.6. The van der Waals surface area contributed by atoms with E-state index in [0.717, 1.165) is 37.3 Å². The van der Waals surface area contributed by atoms with Crippen LogP contribution in [0.2, 0.25) is 0 Å². The highest BCUT2D eigenvalue weighted by molar-refractivity contribution is 5.32. The second-order valence-corrected chi connectivity index (χ2v) is 5.06. The summed E-state index contributed by atoms with van der Waals surface area (Å²) in [6.07, 6.45) is 6.59. The number of hydrogen-bond acceptors (Lipinski definition) is 3. The average Bonchev–Trinajstić information content (AvgIpc) is 2.87. The van der Waals surface area contributed by atoms with Crippen LogP contribution in [-0.4, -0.2) is 15.8 Å². The first-order valence-electron chi connectivity index (χ1n) is 7.26. The Hall–Kier alpha value is -1.81. The van der Waals surface area contributed by atoms with E-state index in [0.29, 0.717) is 0 Å². The SMILES string of the molecule is CCCn1cc(Oc2cccc(CC(N)CC)c2)cn1. The van der Waals surface area contributed by atoms with Gasteiger partial charge in [0, 0.05) is 12.6 Å². The van der Waals surface area contributed by atoms with Crippen LogP contribution in [0.15, 0.2) is 36.7 Å². The summed E-state index contributed by atoms with van der Waals surface area (Å²) in [5.74, 6) is 1.61. The van der Waals surface area contributed by atoms with Crippen LogP contribution in [0.3, 0.4) is 0 Å². The number of nitrogens with zero attached hydrogens (tertiary/aromatic N) is 2. The van der Waals surface area contributed by atoms with Crippen LogP contribution in [0.1, 0.15) is 32.3 Å². The van der Waals surface area contributed by atoms with E-state index >= 15 is 0 Å². The van der Waals surface area contributed by atoms with Crippen LogP contribution >= 0.6 is 0 Å². The maximum atomic E-state index is 5.99. The maximum absolute atomic E-state index is 5.99. The van der Waals surface area contributed by atoms with E-state index in [9.17, 15) is 0 Å². The second-order valence-electron chi connectivity index (χ2n) is 5.06. The van der Waals surface area contributed by atoms with Gasteiger partial charge in [-0.15, -0.1) is 0 Å². The lowest BCUT2D eigenvalue weighted by Gasteiger charge is -2.10. The fourth-order valence-electron chi connectivity index (χ4n) is 2.07. The zero-order valence-corrected chi connectivity index (χ0v) is 12.2. The predicted molar refractivity (Wildman–Crippen MR) is 81.0 cm³/mol. The molecule has 4 heteroatoms. The van der Waals surface area contributed by atoms with Crippen molar-refractivity contribution in [3.63, 3.8) is 0 Å². The normalized spacial score (nSPS) is 12.3. The molecule has 20 heavy (non-hydrogen) atoms. The van der Waals surface area contributed by atoms with Gasteiger partial charge in [0.05, 0.1) is 12.4 Å². The monoisotopic (exact) mass is 273 g/mol. The van der Waals surface area contributed by atoms with E-state index in [-0.39, 0.29) is 6.04 Å². The van der Waals surface area contributed by atoms with Crippen LogP contribution in [0.25, 0.3) is 0 Å². The van der Waals surface area contributed by atoms with Crippen LogP contribution in [-0.2, 0) is 13.0 Å². The Kier molecular flexibility index (Phi) is 5.18. The largest absolute Gasteiger partial charge is 0.454 e. The molecule has 0 radical (unpaired) electrons. The van der Waals surface area contributed by atoms with E-state index in [4.69, 9.17) is 10.5 Å². The Morgan fingerprint density at radius 3 is 2.90 bits per heavy atom. The van der Waals surface area contributed by atoms with Crippen LogP contribution < -0.4 is 10.5 Å². The Labute approximate surface area is 120 Å². The highest BCUT2D eigenvalue weighted by Crippen LogP contribution is 2.22. The smallest absolute Gasteiger partial charge is 0.165 e. The molecule has 1 atom stereocenters. The van der Waals surface area contributed by atoms with E-state index < -0.39 is 0 Å². The summed E-state index contributed by atoms with van der Waals surface area (Å²) in [6, 6.07) is 8.30. The molecule has 108 valence electrons. The van der Waals surface area contributed by atoms with Crippen molar-refractivity contribution in [2.45, 2.75) is 45.7 Å². The molecule has 1 unspecified atom stereocenters. The Morgan fingerprint density at radius 2 is 2.15 bits per heavy atom. The number of rotatable bonds is 7. The molecule has 2 aromatic rings. The zero-order valence-electron chi connectivity index (χ0n) is 12.2. The van der Waals surface area contributed by atoms with Crippen LogP contribution in [0, 0.1) is 0 Å². The van der Waals surface area contributed by atoms with Gasteiger partial charge in [-0.2, -0.15) is 5.10 Å². The van der Waals surface area contributed by atoms with Gasteiger partial charge in [0.25, 0.3) is 0 Å². The summed E-state index contributed by atoms with van der Waals surface area (Å²) >= 11 is 0. The summed E-state index contributed by atoms with van der Waals surface area (Å²) in [5, 5.41) is 4.26. The van der Waals surface area contributed by atoms with Crippen molar-refractivity contribution in [1.82, 2.24) is 9.78 Å². The predicted octanol–water partition coefficient (Wildman–Crippen LogP) is 3.37. The van der Waals surface area contributed by atoms with E-state index in [2.05, 4.69) is 25.0 Å². The van der Waals surface area contributed by atoms with Crippen molar-refractivity contribution in [1.29, 1.82) is 0 Å².